The second-order valence-electron chi connectivity index (χ2n) is 5.64. The van der Waals surface area contributed by atoms with E-state index < -0.39 is 11.9 Å². The normalized spacial score (nSPS) is 10.9. The van der Waals surface area contributed by atoms with Gasteiger partial charge < -0.3 is 10.4 Å². The van der Waals surface area contributed by atoms with E-state index in [0.29, 0.717) is 17.9 Å². The lowest BCUT2D eigenvalue weighted by Crippen LogP contribution is -2.32. The molecule has 0 aliphatic carbocycles. The summed E-state index contributed by atoms with van der Waals surface area (Å²) in [6, 6.07) is 0. The Balaban J connectivity index is 1.77. The molecule has 0 aromatic carbocycles. The van der Waals surface area contributed by atoms with Crippen LogP contribution in [0.2, 0.25) is 0 Å². The predicted octanol–water partition coefficient (Wildman–Crippen LogP) is 2.22. The van der Waals surface area contributed by atoms with Gasteiger partial charge in [-0.1, -0.05) is 19.3 Å². The van der Waals surface area contributed by atoms with E-state index >= 15 is 0 Å². The van der Waals surface area contributed by atoms with E-state index in [9.17, 15) is 14.4 Å². The van der Waals surface area contributed by atoms with Crippen molar-refractivity contribution in [1.29, 1.82) is 0 Å². The van der Waals surface area contributed by atoms with Crippen LogP contribution in [0.5, 0.6) is 0 Å². The number of nitrogens with one attached hydrogen (secondary N) is 1. The number of aryl methyl sites for hydroxylation is 1. The average molecular weight is 351 g/mol. The summed E-state index contributed by atoms with van der Waals surface area (Å²) in [6.07, 6.45) is 5.75. The molecule has 8 heteroatoms. The van der Waals surface area contributed by atoms with Gasteiger partial charge in [-0.2, -0.15) is 0 Å². The molecule has 0 spiro atoms. The standard InChI is InChI=1S/C16H21N3O4S/c1-11-10-24-16-18-9-12(15(23)19(11)16)14(22)17-8-6-4-2-3-5-7-13(20)21/h9-10H,2-8H2,1H3,(H,17,22)(H,20,21). The summed E-state index contributed by atoms with van der Waals surface area (Å²) in [5, 5.41) is 13.1. The number of rotatable bonds is 9. The first-order valence-corrected chi connectivity index (χ1v) is 8.84. The first-order chi connectivity index (χ1) is 11.5. The van der Waals surface area contributed by atoms with Crippen LogP contribution in [0, 0.1) is 6.92 Å². The Hall–Kier alpha value is -2.22. The van der Waals surface area contributed by atoms with Gasteiger partial charge in [-0.3, -0.25) is 18.8 Å². The van der Waals surface area contributed by atoms with E-state index in [1.807, 2.05) is 5.38 Å². The molecule has 2 heterocycles. The summed E-state index contributed by atoms with van der Waals surface area (Å²) >= 11 is 1.36. The molecule has 0 atom stereocenters. The molecule has 0 fully saturated rings. The molecule has 0 unspecified atom stereocenters. The van der Waals surface area contributed by atoms with Crippen molar-refractivity contribution in [2.24, 2.45) is 0 Å². The Morgan fingerprint density at radius 2 is 1.96 bits per heavy atom. The van der Waals surface area contributed by atoms with E-state index in [1.165, 1.54) is 21.9 Å². The maximum absolute atomic E-state index is 12.3. The molecule has 0 aliphatic rings. The zero-order valence-corrected chi connectivity index (χ0v) is 14.4. The van der Waals surface area contributed by atoms with Gasteiger partial charge >= 0.3 is 5.97 Å². The van der Waals surface area contributed by atoms with Crippen LogP contribution >= 0.6 is 11.3 Å². The van der Waals surface area contributed by atoms with Crippen molar-refractivity contribution in [3.05, 3.63) is 33.2 Å². The number of hydrogen-bond acceptors (Lipinski definition) is 5. The van der Waals surface area contributed by atoms with E-state index in [1.54, 1.807) is 6.92 Å². The second kappa shape index (κ2) is 8.58. The lowest BCUT2D eigenvalue weighted by Gasteiger charge is -2.05. The van der Waals surface area contributed by atoms with Crippen molar-refractivity contribution in [3.63, 3.8) is 0 Å². The number of fused-ring (bicyclic) bond motifs is 1. The zero-order chi connectivity index (χ0) is 17.5. The summed E-state index contributed by atoms with van der Waals surface area (Å²) in [4.78, 5) is 39.6. The fourth-order valence-corrected chi connectivity index (χ4v) is 3.24. The number of carbonyl (C=O) groups excluding carboxylic acids is 1. The van der Waals surface area contributed by atoms with Gasteiger partial charge in [-0.05, 0) is 19.8 Å². The Bertz CT molecular complexity index is 781. The van der Waals surface area contributed by atoms with Crippen LogP contribution in [-0.2, 0) is 4.79 Å². The molecule has 0 saturated heterocycles. The number of aliphatic carboxylic acids is 1. The highest BCUT2D eigenvalue weighted by Gasteiger charge is 2.14. The molecule has 0 bridgehead atoms. The van der Waals surface area contributed by atoms with Crippen LogP contribution in [0.3, 0.4) is 0 Å². The summed E-state index contributed by atoms with van der Waals surface area (Å²) in [5.74, 6) is -1.17. The lowest BCUT2D eigenvalue weighted by molar-refractivity contribution is -0.137. The van der Waals surface area contributed by atoms with Crippen molar-refractivity contribution in [3.8, 4) is 0 Å². The third-order valence-corrected chi connectivity index (χ3v) is 4.67. The number of thiazole rings is 1. The smallest absolute Gasteiger partial charge is 0.303 e. The van der Waals surface area contributed by atoms with Crippen molar-refractivity contribution in [2.45, 2.75) is 45.4 Å². The minimum absolute atomic E-state index is 0.0514. The topological polar surface area (TPSA) is 101 Å². The van der Waals surface area contributed by atoms with Crippen LogP contribution < -0.4 is 10.9 Å². The largest absolute Gasteiger partial charge is 0.481 e. The van der Waals surface area contributed by atoms with Gasteiger partial charge in [0.1, 0.15) is 5.56 Å². The van der Waals surface area contributed by atoms with E-state index in [0.717, 1.165) is 31.4 Å². The molecule has 130 valence electrons. The van der Waals surface area contributed by atoms with Gasteiger partial charge in [-0.15, -0.1) is 11.3 Å². The van der Waals surface area contributed by atoms with Crippen molar-refractivity contribution in [2.75, 3.05) is 6.54 Å². The summed E-state index contributed by atoms with van der Waals surface area (Å²) in [7, 11) is 0. The van der Waals surface area contributed by atoms with E-state index in [4.69, 9.17) is 5.11 Å². The number of carbonyl (C=O) groups is 2. The average Bonchev–Trinajstić information content (AvgIpc) is 2.92. The first-order valence-electron chi connectivity index (χ1n) is 7.96. The Morgan fingerprint density at radius 1 is 1.25 bits per heavy atom. The third-order valence-electron chi connectivity index (χ3n) is 3.71. The van der Waals surface area contributed by atoms with Crippen LogP contribution in [0.15, 0.2) is 16.4 Å². The molecular formula is C16H21N3O4S. The van der Waals surface area contributed by atoms with Gasteiger partial charge in [0.05, 0.1) is 0 Å². The fourth-order valence-electron chi connectivity index (χ4n) is 2.41. The Kier molecular flexibility index (Phi) is 6.48. The number of carboxylic acid groups (broad SMARTS) is 1. The number of hydrogen-bond donors (Lipinski definition) is 2. The van der Waals surface area contributed by atoms with E-state index in [2.05, 4.69) is 10.3 Å². The minimum atomic E-state index is -0.764. The summed E-state index contributed by atoms with van der Waals surface area (Å²) < 4.78 is 1.45. The molecule has 0 aliphatic heterocycles. The molecule has 2 N–H and O–H groups in total. The Labute approximate surface area is 143 Å². The molecule has 0 radical (unpaired) electrons. The quantitative estimate of drug-likeness (QED) is 0.675. The highest BCUT2D eigenvalue weighted by molar-refractivity contribution is 7.15. The van der Waals surface area contributed by atoms with Crippen molar-refractivity contribution < 1.29 is 14.7 Å². The summed E-state index contributed by atoms with van der Waals surface area (Å²) in [5.41, 5.74) is 0.476. The monoisotopic (exact) mass is 351 g/mol. The second-order valence-corrected chi connectivity index (χ2v) is 6.48. The van der Waals surface area contributed by atoms with Gasteiger partial charge in [0.25, 0.3) is 11.5 Å². The molecule has 2 aromatic rings. The molecule has 2 rings (SSSR count). The van der Waals surface area contributed by atoms with Crippen LogP contribution in [0.25, 0.3) is 4.96 Å². The number of unbranched alkanes of at least 4 members (excludes halogenated alkanes) is 4. The van der Waals surface area contributed by atoms with Crippen LogP contribution in [-0.4, -0.2) is 32.9 Å². The minimum Gasteiger partial charge on any atom is -0.481 e. The van der Waals surface area contributed by atoms with Gasteiger partial charge in [0.2, 0.25) is 0 Å². The highest BCUT2D eigenvalue weighted by atomic mass is 32.1. The number of carboxylic acids is 1. The maximum atomic E-state index is 12.3. The number of amides is 1. The molecule has 2 aromatic heterocycles. The fraction of sp³-hybridized carbons (Fsp3) is 0.500. The third kappa shape index (κ3) is 4.64. The first kappa shape index (κ1) is 18.1. The van der Waals surface area contributed by atoms with Gasteiger partial charge in [0.15, 0.2) is 4.96 Å². The molecule has 7 nitrogen and oxygen atoms in total. The molecule has 1 amide bonds. The highest BCUT2D eigenvalue weighted by Crippen LogP contribution is 2.11. The zero-order valence-electron chi connectivity index (χ0n) is 13.6. The van der Waals surface area contributed by atoms with E-state index in [-0.39, 0.29) is 17.5 Å². The summed E-state index contributed by atoms with van der Waals surface area (Å²) in [6.45, 7) is 2.29. The lowest BCUT2D eigenvalue weighted by atomic mass is 10.1. The van der Waals surface area contributed by atoms with Crippen LogP contribution in [0.4, 0.5) is 0 Å². The van der Waals surface area contributed by atoms with Crippen molar-refractivity contribution >= 4 is 28.2 Å². The predicted molar refractivity (Wildman–Crippen MR) is 91.7 cm³/mol. The van der Waals surface area contributed by atoms with Crippen LogP contribution in [0.1, 0.15) is 54.6 Å². The van der Waals surface area contributed by atoms with Gasteiger partial charge in [0, 0.05) is 30.2 Å². The van der Waals surface area contributed by atoms with Gasteiger partial charge in [-0.25, -0.2) is 4.98 Å². The number of aromatic nitrogens is 2. The van der Waals surface area contributed by atoms with Crippen molar-refractivity contribution in [1.82, 2.24) is 14.7 Å². The number of nitrogens with zero attached hydrogens (tertiary/aromatic N) is 2. The molecule has 0 saturated carbocycles. The maximum Gasteiger partial charge on any atom is 0.303 e. The molecular weight excluding hydrogens is 330 g/mol. The SMILES string of the molecule is Cc1csc2ncc(C(=O)NCCCCCCCC(=O)O)c(=O)n12. The molecule has 24 heavy (non-hydrogen) atoms. The Morgan fingerprint density at radius 3 is 2.71 bits per heavy atom.